The number of carbonyl (C=O) groups is 2. The molecular formula is C10H15NO3. The topological polar surface area (TPSA) is 46.6 Å². The molecule has 2 saturated heterocycles. The smallest absolute Gasteiger partial charge is 0.317 e. The molecule has 2 bridgehead atoms. The summed E-state index contributed by atoms with van der Waals surface area (Å²) in [6.45, 7) is 0. The van der Waals surface area contributed by atoms with E-state index in [4.69, 9.17) is 0 Å². The number of hydrogen-bond donors (Lipinski definition) is 0. The van der Waals surface area contributed by atoms with Gasteiger partial charge in [-0.3, -0.25) is 14.5 Å². The number of carbonyl (C=O) groups excluding carboxylic acids is 2. The monoisotopic (exact) mass is 197 g/mol. The normalized spacial score (nSPS) is 37.3. The predicted molar refractivity (Wildman–Crippen MR) is 49.7 cm³/mol. The van der Waals surface area contributed by atoms with E-state index in [1.807, 2.05) is 7.05 Å². The number of fused-ring (bicyclic) bond motifs is 2. The summed E-state index contributed by atoms with van der Waals surface area (Å²) in [7, 11) is 3.33. The van der Waals surface area contributed by atoms with Gasteiger partial charge < -0.3 is 4.74 Å². The van der Waals surface area contributed by atoms with Crippen molar-refractivity contribution in [3.8, 4) is 0 Å². The quantitative estimate of drug-likeness (QED) is 0.445. The highest BCUT2D eigenvalue weighted by molar-refractivity contribution is 6.00. The largest absolute Gasteiger partial charge is 0.468 e. The van der Waals surface area contributed by atoms with E-state index < -0.39 is 5.92 Å². The zero-order chi connectivity index (χ0) is 10.3. The molecule has 2 heterocycles. The third-order valence-electron chi connectivity index (χ3n) is 3.52. The molecule has 0 aromatic rings. The predicted octanol–water partition coefficient (Wildman–Crippen LogP) is 0.211. The van der Waals surface area contributed by atoms with Gasteiger partial charge in [0, 0.05) is 18.5 Å². The van der Waals surface area contributed by atoms with Crippen LogP contribution in [0.15, 0.2) is 0 Å². The molecule has 14 heavy (non-hydrogen) atoms. The van der Waals surface area contributed by atoms with Crippen LogP contribution in [-0.4, -0.2) is 42.9 Å². The molecule has 0 aliphatic carbocycles. The Kier molecular flexibility index (Phi) is 2.31. The van der Waals surface area contributed by atoms with Crippen molar-refractivity contribution in [2.45, 2.75) is 31.3 Å². The van der Waals surface area contributed by atoms with Crippen LogP contribution < -0.4 is 0 Å². The minimum Gasteiger partial charge on any atom is -0.468 e. The molecule has 3 atom stereocenters. The lowest BCUT2D eigenvalue weighted by Crippen LogP contribution is -2.50. The number of piperidine rings is 1. The summed E-state index contributed by atoms with van der Waals surface area (Å²) >= 11 is 0. The van der Waals surface area contributed by atoms with Gasteiger partial charge in [0.2, 0.25) is 0 Å². The van der Waals surface area contributed by atoms with Crippen LogP contribution in [0.25, 0.3) is 0 Å². The fraction of sp³-hybridized carbons (Fsp3) is 0.800. The Morgan fingerprint density at radius 3 is 2.86 bits per heavy atom. The Bertz CT molecular complexity index is 277. The van der Waals surface area contributed by atoms with Gasteiger partial charge >= 0.3 is 5.97 Å². The lowest BCUT2D eigenvalue weighted by atomic mass is 9.89. The lowest BCUT2D eigenvalue weighted by molar-refractivity contribution is -0.154. The van der Waals surface area contributed by atoms with E-state index >= 15 is 0 Å². The highest BCUT2D eigenvalue weighted by atomic mass is 16.5. The minimum absolute atomic E-state index is 0.0578. The molecule has 0 saturated carbocycles. The molecule has 2 aliphatic heterocycles. The molecule has 2 rings (SSSR count). The van der Waals surface area contributed by atoms with Crippen molar-refractivity contribution >= 4 is 11.8 Å². The summed E-state index contributed by atoms with van der Waals surface area (Å²) in [4.78, 5) is 25.3. The summed E-state index contributed by atoms with van der Waals surface area (Å²) in [5, 5.41) is 0. The van der Waals surface area contributed by atoms with Crippen LogP contribution in [0.3, 0.4) is 0 Å². The van der Waals surface area contributed by atoms with E-state index in [9.17, 15) is 9.59 Å². The highest BCUT2D eigenvalue weighted by Gasteiger charge is 2.48. The number of ether oxygens (including phenoxy) is 1. The summed E-state index contributed by atoms with van der Waals surface area (Å²) < 4.78 is 4.67. The fourth-order valence-corrected chi connectivity index (χ4v) is 2.68. The SMILES string of the molecule is COC(=O)[C@H]1C(=O)CC2CCC1N2C. The standard InChI is InChI=1S/C10H15NO3/c1-11-6-3-4-7(11)9(8(12)5-6)10(13)14-2/h6-7,9H,3-5H2,1-2H3/t6?,7?,9-/m1/s1. The number of nitrogens with zero attached hydrogens (tertiary/aromatic N) is 1. The fourth-order valence-electron chi connectivity index (χ4n) is 2.68. The number of hydrogen-bond acceptors (Lipinski definition) is 4. The Morgan fingerprint density at radius 1 is 1.50 bits per heavy atom. The van der Waals surface area contributed by atoms with Crippen molar-refractivity contribution in [2.24, 2.45) is 5.92 Å². The van der Waals surface area contributed by atoms with Crippen LogP contribution in [0.5, 0.6) is 0 Å². The van der Waals surface area contributed by atoms with Gasteiger partial charge in [-0.05, 0) is 19.9 Å². The van der Waals surface area contributed by atoms with Gasteiger partial charge in [-0.15, -0.1) is 0 Å². The van der Waals surface area contributed by atoms with Gasteiger partial charge in [0.1, 0.15) is 11.7 Å². The van der Waals surface area contributed by atoms with Crippen LogP contribution in [-0.2, 0) is 14.3 Å². The lowest BCUT2D eigenvalue weighted by Gasteiger charge is -2.34. The van der Waals surface area contributed by atoms with Gasteiger partial charge in [0.15, 0.2) is 0 Å². The molecule has 0 amide bonds. The van der Waals surface area contributed by atoms with Crippen LogP contribution in [0.2, 0.25) is 0 Å². The van der Waals surface area contributed by atoms with E-state index in [0.717, 1.165) is 12.8 Å². The molecule has 0 radical (unpaired) electrons. The van der Waals surface area contributed by atoms with Gasteiger partial charge in [-0.1, -0.05) is 0 Å². The Morgan fingerprint density at radius 2 is 2.21 bits per heavy atom. The van der Waals surface area contributed by atoms with Gasteiger partial charge in [0.05, 0.1) is 7.11 Å². The Hall–Kier alpha value is -0.900. The zero-order valence-corrected chi connectivity index (χ0v) is 8.53. The first kappa shape index (κ1) is 9.65. The van der Waals surface area contributed by atoms with E-state index in [2.05, 4.69) is 9.64 Å². The van der Waals surface area contributed by atoms with Crippen molar-refractivity contribution < 1.29 is 14.3 Å². The molecule has 0 aromatic heterocycles. The van der Waals surface area contributed by atoms with E-state index in [1.165, 1.54) is 7.11 Å². The maximum atomic E-state index is 11.7. The van der Waals surface area contributed by atoms with E-state index in [-0.39, 0.29) is 17.8 Å². The maximum Gasteiger partial charge on any atom is 0.317 e. The number of Topliss-reactive ketones (excluding diaryl/α,β-unsaturated/α-hetero) is 1. The number of esters is 1. The van der Waals surface area contributed by atoms with Crippen molar-refractivity contribution in [1.82, 2.24) is 4.90 Å². The van der Waals surface area contributed by atoms with Crippen molar-refractivity contribution in [3.63, 3.8) is 0 Å². The Balaban J connectivity index is 2.22. The first-order valence-electron chi connectivity index (χ1n) is 4.97. The van der Waals surface area contributed by atoms with Crippen molar-refractivity contribution in [3.05, 3.63) is 0 Å². The molecule has 2 unspecified atom stereocenters. The van der Waals surface area contributed by atoms with Crippen molar-refractivity contribution in [1.29, 1.82) is 0 Å². The summed E-state index contributed by atoms with van der Waals surface area (Å²) in [6, 6.07) is 0.433. The van der Waals surface area contributed by atoms with Crippen LogP contribution in [0, 0.1) is 5.92 Å². The van der Waals surface area contributed by atoms with Crippen LogP contribution in [0.4, 0.5) is 0 Å². The second kappa shape index (κ2) is 3.35. The molecule has 78 valence electrons. The second-order valence-electron chi connectivity index (χ2n) is 4.14. The van der Waals surface area contributed by atoms with Crippen molar-refractivity contribution in [2.75, 3.05) is 14.2 Å². The average molecular weight is 197 g/mol. The molecule has 4 heteroatoms. The van der Waals surface area contributed by atoms with Crippen LogP contribution in [0.1, 0.15) is 19.3 Å². The van der Waals surface area contributed by atoms with Gasteiger partial charge in [0.25, 0.3) is 0 Å². The van der Waals surface area contributed by atoms with E-state index in [0.29, 0.717) is 12.5 Å². The highest BCUT2D eigenvalue weighted by Crippen LogP contribution is 2.36. The van der Waals surface area contributed by atoms with Gasteiger partial charge in [-0.25, -0.2) is 0 Å². The third-order valence-corrected chi connectivity index (χ3v) is 3.52. The number of ketones is 1. The summed E-state index contributed by atoms with van der Waals surface area (Å²) in [5.74, 6) is -0.849. The summed E-state index contributed by atoms with van der Waals surface area (Å²) in [6.07, 6.45) is 2.47. The molecule has 0 N–H and O–H groups in total. The Labute approximate surface area is 83.2 Å². The average Bonchev–Trinajstić information content (AvgIpc) is 2.42. The number of rotatable bonds is 1. The van der Waals surface area contributed by atoms with Gasteiger partial charge in [-0.2, -0.15) is 0 Å². The second-order valence-corrected chi connectivity index (χ2v) is 4.14. The molecule has 0 aromatic carbocycles. The third kappa shape index (κ3) is 1.25. The maximum absolute atomic E-state index is 11.7. The molecule has 0 spiro atoms. The van der Waals surface area contributed by atoms with Crippen LogP contribution >= 0.6 is 0 Å². The molecule has 2 aliphatic rings. The first-order chi connectivity index (χ1) is 6.65. The summed E-state index contributed by atoms with van der Waals surface area (Å²) in [5.41, 5.74) is 0. The molecular weight excluding hydrogens is 182 g/mol. The molecule has 2 fully saturated rings. The zero-order valence-electron chi connectivity index (χ0n) is 8.53. The first-order valence-corrected chi connectivity index (χ1v) is 4.97. The minimum atomic E-state index is -0.538. The van der Waals surface area contributed by atoms with E-state index in [1.54, 1.807) is 0 Å². The number of methoxy groups -OCH3 is 1. The molecule has 4 nitrogen and oxygen atoms in total.